The molecule has 6 nitrogen and oxygen atoms in total. The lowest BCUT2D eigenvalue weighted by Crippen LogP contribution is -2.20. The van der Waals surface area contributed by atoms with Crippen molar-refractivity contribution >= 4 is 11.7 Å². The maximum atomic E-state index is 11.8. The van der Waals surface area contributed by atoms with E-state index in [0.717, 1.165) is 5.69 Å². The van der Waals surface area contributed by atoms with Crippen LogP contribution < -0.4 is 10.7 Å². The lowest BCUT2D eigenvalue weighted by atomic mass is 10.1. The van der Waals surface area contributed by atoms with E-state index in [1.807, 2.05) is 13.8 Å². The molecule has 0 bridgehead atoms. The minimum Gasteiger partial charge on any atom is -0.367 e. The molecule has 18 heavy (non-hydrogen) atoms. The van der Waals surface area contributed by atoms with Crippen molar-refractivity contribution in [2.45, 2.75) is 19.8 Å². The maximum Gasteiger partial charge on any atom is 0.262 e. The van der Waals surface area contributed by atoms with Crippen LogP contribution in [-0.4, -0.2) is 21.1 Å². The van der Waals surface area contributed by atoms with Gasteiger partial charge in [-0.15, -0.1) is 0 Å². The molecule has 0 radical (unpaired) electrons. The Balaban J connectivity index is 2.17. The molecular weight excluding hydrogens is 232 g/mol. The van der Waals surface area contributed by atoms with E-state index >= 15 is 0 Å². The van der Waals surface area contributed by atoms with Gasteiger partial charge in [0.05, 0.1) is 0 Å². The number of pyridine rings is 1. The average Bonchev–Trinajstić information content (AvgIpc) is 2.78. The number of hydrogen-bond donors (Lipinski definition) is 3. The number of amides is 1. The number of rotatable bonds is 3. The highest BCUT2D eigenvalue weighted by Gasteiger charge is 2.12. The monoisotopic (exact) mass is 246 g/mol. The molecular formula is C12H14N4O2. The molecule has 1 amide bonds. The molecule has 0 unspecified atom stereocenters. The van der Waals surface area contributed by atoms with Crippen molar-refractivity contribution in [3.05, 3.63) is 46.0 Å². The topological polar surface area (TPSA) is 90.6 Å². The molecule has 0 atom stereocenters. The van der Waals surface area contributed by atoms with E-state index in [1.54, 1.807) is 6.07 Å². The predicted molar refractivity (Wildman–Crippen MR) is 67.7 cm³/mol. The number of nitrogens with one attached hydrogen (secondary N) is 3. The van der Waals surface area contributed by atoms with Gasteiger partial charge in [-0.1, -0.05) is 13.8 Å². The van der Waals surface area contributed by atoms with Crippen molar-refractivity contribution in [3.63, 3.8) is 0 Å². The smallest absolute Gasteiger partial charge is 0.262 e. The Kier molecular flexibility index (Phi) is 3.27. The molecule has 2 heterocycles. The van der Waals surface area contributed by atoms with Crippen LogP contribution >= 0.6 is 0 Å². The van der Waals surface area contributed by atoms with Gasteiger partial charge in [-0.2, -0.15) is 5.10 Å². The second-order valence-corrected chi connectivity index (χ2v) is 4.24. The maximum absolute atomic E-state index is 11.8. The van der Waals surface area contributed by atoms with Crippen LogP contribution in [0.3, 0.4) is 0 Å². The summed E-state index contributed by atoms with van der Waals surface area (Å²) < 4.78 is 0. The Bertz CT molecular complexity index is 612. The Morgan fingerprint density at radius 3 is 2.83 bits per heavy atom. The number of anilines is 1. The summed E-state index contributed by atoms with van der Waals surface area (Å²) in [5, 5.41) is 9.36. The summed E-state index contributed by atoms with van der Waals surface area (Å²) in [6.45, 7) is 4.03. The molecule has 0 fully saturated rings. The van der Waals surface area contributed by atoms with E-state index in [2.05, 4.69) is 20.5 Å². The van der Waals surface area contributed by atoms with E-state index in [4.69, 9.17) is 0 Å². The quantitative estimate of drug-likeness (QED) is 0.766. The van der Waals surface area contributed by atoms with E-state index in [-0.39, 0.29) is 11.0 Å². The second-order valence-electron chi connectivity index (χ2n) is 4.24. The van der Waals surface area contributed by atoms with Crippen molar-refractivity contribution in [1.29, 1.82) is 0 Å². The molecule has 0 saturated carbocycles. The summed E-state index contributed by atoms with van der Waals surface area (Å²) >= 11 is 0. The standard InChI is InChI=1S/C12H14N4O2/c1-7(2)9-5-11(16-15-9)14-12(18)8-6-13-4-3-10(8)17/h3-7H,1-2H3,(H,13,17)(H2,14,15,16,18). The van der Waals surface area contributed by atoms with Crippen molar-refractivity contribution in [2.75, 3.05) is 5.32 Å². The Labute approximate surface area is 103 Å². The van der Waals surface area contributed by atoms with Gasteiger partial charge in [-0.25, -0.2) is 0 Å². The number of H-pyrrole nitrogens is 2. The lowest BCUT2D eigenvalue weighted by Gasteiger charge is -2.00. The molecule has 0 aliphatic heterocycles. The third kappa shape index (κ3) is 2.48. The van der Waals surface area contributed by atoms with E-state index in [9.17, 15) is 9.59 Å². The fourth-order valence-electron chi connectivity index (χ4n) is 1.47. The van der Waals surface area contributed by atoms with Gasteiger partial charge in [0.25, 0.3) is 5.91 Å². The zero-order chi connectivity index (χ0) is 13.1. The molecule has 0 saturated heterocycles. The molecule has 0 spiro atoms. The lowest BCUT2D eigenvalue weighted by molar-refractivity contribution is 0.102. The largest absolute Gasteiger partial charge is 0.367 e. The molecule has 0 aliphatic carbocycles. The molecule has 94 valence electrons. The van der Waals surface area contributed by atoms with Crippen molar-refractivity contribution in [3.8, 4) is 0 Å². The average molecular weight is 246 g/mol. The Morgan fingerprint density at radius 2 is 2.22 bits per heavy atom. The SMILES string of the molecule is CC(C)c1cc(NC(=O)c2c[nH]ccc2=O)n[nH]1. The van der Waals surface area contributed by atoms with E-state index in [0.29, 0.717) is 11.7 Å². The highest BCUT2D eigenvalue weighted by Crippen LogP contribution is 2.14. The fraction of sp³-hybridized carbons (Fsp3) is 0.250. The van der Waals surface area contributed by atoms with Crippen LogP contribution in [0.1, 0.15) is 35.8 Å². The summed E-state index contributed by atoms with van der Waals surface area (Å²) in [6, 6.07) is 3.05. The minimum absolute atomic E-state index is 0.0617. The highest BCUT2D eigenvalue weighted by molar-refractivity contribution is 6.03. The Hall–Kier alpha value is -2.37. The van der Waals surface area contributed by atoms with Crippen molar-refractivity contribution in [2.24, 2.45) is 0 Å². The number of carbonyl (C=O) groups is 1. The Morgan fingerprint density at radius 1 is 1.44 bits per heavy atom. The van der Waals surface area contributed by atoms with Crippen molar-refractivity contribution in [1.82, 2.24) is 15.2 Å². The third-order valence-electron chi connectivity index (χ3n) is 2.53. The van der Waals surface area contributed by atoms with Crippen LogP contribution in [0.25, 0.3) is 0 Å². The van der Waals surface area contributed by atoms with Gasteiger partial charge in [-0.05, 0) is 5.92 Å². The summed E-state index contributed by atoms with van der Waals surface area (Å²) in [5.74, 6) is 0.230. The number of nitrogens with zero attached hydrogens (tertiary/aromatic N) is 1. The zero-order valence-electron chi connectivity index (χ0n) is 10.2. The summed E-state index contributed by atoms with van der Waals surface area (Å²) in [6.07, 6.45) is 2.85. The molecule has 2 aromatic rings. The van der Waals surface area contributed by atoms with Crippen molar-refractivity contribution < 1.29 is 4.79 Å². The van der Waals surface area contributed by atoms with Gasteiger partial charge in [0.1, 0.15) is 5.56 Å². The highest BCUT2D eigenvalue weighted by atomic mass is 16.2. The van der Waals surface area contributed by atoms with Crippen LogP contribution in [0, 0.1) is 0 Å². The third-order valence-corrected chi connectivity index (χ3v) is 2.53. The predicted octanol–water partition coefficient (Wildman–Crippen LogP) is 1.47. The van der Waals surface area contributed by atoms with Gasteiger partial charge >= 0.3 is 0 Å². The number of aromatic amines is 2. The van der Waals surface area contributed by atoms with Gasteiger partial charge in [-0.3, -0.25) is 14.7 Å². The van der Waals surface area contributed by atoms with E-state index in [1.165, 1.54) is 18.5 Å². The number of hydrogen-bond acceptors (Lipinski definition) is 3. The van der Waals surface area contributed by atoms with Crippen LogP contribution in [0.15, 0.2) is 29.3 Å². The van der Waals surface area contributed by atoms with Crippen LogP contribution in [0.4, 0.5) is 5.82 Å². The molecule has 0 aromatic carbocycles. The van der Waals surface area contributed by atoms with Crippen LogP contribution in [0.2, 0.25) is 0 Å². The summed E-state index contributed by atoms with van der Waals surface area (Å²) in [5.41, 5.74) is 0.657. The summed E-state index contributed by atoms with van der Waals surface area (Å²) in [4.78, 5) is 26.0. The minimum atomic E-state index is -0.473. The first-order chi connectivity index (χ1) is 8.58. The molecule has 6 heteroatoms. The first-order valence-electron chi connectivity index (χ1n) is 5.61. The first-order valence-corrected chi connectivity index (χ1v) is 5.61. The fourth-order valence-corrected chi connectivity index (χ4v) is 1.47. The number of carbonyl (C=O) groups excluding carboxylic acids is 1. The van der Waals surface area contributed by atoms with Gasteiger partial charge in [0.2, 0.25) is 0 Å². The normalized spacial score (nSPS) is 10.6. The zero-order valence-corrected chi connectivity index (χ0v) is 10.2. The van der Waals surface area contributed by atoms with Gasteiger partial charge in [0.15, 0.2) is 11.2 Å². The van der Waals surface area contributed by atoms with E-state index < -0.39 is 5.91 Å². The van der Waals surface area contributed by atoms with Crippen LogP contribution in [0.5, 0.6) is 0 Å². The summed E-state index contributed by atoms with van der Waals surface area (Å²) in [7, 11) is 0. The van der Waals surface area contributed by atoms with Gasteiger partial charge < -0.3 is 10.3 Å². The molecule has 2 rings (SSSR count). The first kappa shape index (κ1) is 12.1. The molecule has 2 aromatic heterocycles. The van der Waals surface area contributed by atoms with Crippen LogP contribution in [-0.2, 0) is 0 Å². The van der Waals surface area contributed by atoms with Gasteiger partial charge in [0, 0.05) is 30.2 Å². The molecule has 3 N–H and O–H groups in total. The second kappa shape index (κ2) is 4.87. The number of aromatic nitrogens is 3. The molecule has 0 aliphatic rings.